The normalized spacial score (nSPS) is 11.0. The van der Waals surface area contributed by atoms with Crippen molar-refractivity contribution < 1.29 is 17.9 Å². The van der Waals surface area contributed by atoms with Gasteiger partial charge >= 0.3 is 0 Å². The Kier molecular flexibility index (Phi) is 4.27. The Balaban J connectivity index is 1.81. The predicted octanol–water partition coefficient (Wildman–Crippen LogP) is 4.19. The van der Waals surface area contributed by atoms with Crippen LogP contribution in [0.1, 0.15) is 5.82 Å². The van der Waals surface area contributed by atoms with E-state index in [1.54, 1.807) is 23.7 Å². The van der Waals surface area contributed by atoms with Crippen molar-refractivity contribution in [2.45, 2.75) is 6.61 Å². The zero-order valence-electron chi connectivity index (χ0n) is 11.7. The molecule has 2 heterocycles. The molecule has 0 amide bonds. The molecule has 0 spiro atoms. The molecular formula is C14H9ClF3N3OS. The fourth-order valence-electron chi connectivity index (χ4n) is 1.94. The summed E-state index contributed by atoms with van der Waals surface area (Å²) >= 11 is 7.21. The first kappa shape index (κ1) is 15.8. The van der Waals surface area contributed by atoms with Crippen molar-refractivity contribution in [2.75, 3.05) is 0 Å². The number of nitrogens with zero attached hydrogens (tertiary/aromatic N) is 3. The molecule has 23 heavy (non-hydrogen) atoms. The van der Waals surface area contributed by atoms with Crippen molar-refractivity contribution in [3.8, 4) is 16.5 Å². The number of benzene rings is 1. The molecule has 0 saturated carbocycles. The van der Waals surface area contributed by atoms with Gasteiger partial charge < -0.3 is 9.30 Å². The maximum atomic E-state index is 13.5. The van der Waals surface area contributed by atoms with Gasteiger partial charge in [0.25, 0.3) is 0 Å². The topological polar surface area (TPSA) is 39.9 Å². The third kappa shape index (κ3) is 3.18. The van der Waals surface area contributed by atoms with Crippen LogP contribution in [0.3, 0.4) is 0 Å². The summed E-state index contributed by atoms with van der Waals surface area (Å²) in [6.45, 7) is -0.220. The van der Waals surface area contributed by atoms with Crippen LogP contribution in [0, 0.1) is 17.5 Å². The fourth-order valence-corrected chi connectivity index (χ4v) is 3.00. The summed E-state index contributed by atoms with van der Waals surface area (Å²) in [5.41, 5.74) is 0. The quantitative estimate of drug-likeness (QED) is 0.701. The molecule has 0 aliphatic rings. The van der Waals surface area contributed by atoms with Crippen molar-refractivity contribution in [1.29, 1.82) is 0 Å². The average molecular weight is 360 g/mol. The van der Waals surface area contributed by atoms with Crippen LogP contribution in [0.4, 0.5) is 13.2 Å². The number of ether oxygens (including phenoxy) is 1. The van der Waals surface area contributed by atoms with Crippen LogP contribution in [0.15, 0.2) is 24.3 Å². The first-order chi connectivity index (χ1) is 11.0. The van der Waals surface area contributed by atoms with Gasteiger partial charge in [-0.15, -0.1) is 21.5 Å². The van der Waals surface area contributed by atoms with Gasteiger partial charge in [-0.2, -0.15) is 0 Å². The molecular weight excluding hydrogens is 351 g/mol. The minimum atomic E-state index is -1.12. The van der Waals surface area contributed by atoms with Crippen LogP contribution in [0.5, 0.6) is 5.75 Å². The van der Waals surface area contributed by atoms with Gasteiger partial charge in [0.15, 0.2) is 29.0 Å². The highest BCUT2D eigenvalue weighted by Crippen LogP contribution is 2.30. The van der Waals surface area contributed by atoms with Crippen molar-refractivity contribution in [3.05, 3.63) is 51.9 Å². The van der Waals surface area contributed by atoms with E-state index < -0.39 is 23.2 Å². The van der Waals surface area contributed by atoms with Gasteiger partial charge in [0.05, 0.1) is 9.21 Å². The van der Waals surface area contributed by atoms with Crippen molar-refractivity contribution in [2.24, 2.45) is 7.05 Å². The van der Waals surface area contributed by atoms with Gasteiger partial charge in [-0.1, -0.05) is 11.6 Å². The standard InChI is InChI=1S/C14H9ClF3N3OS/c1-21-12(19-20-14(21)10-2-3-11(15)23-10)6-22-13-8(17)4-7(16)5-9(13)18/h2-5H,6H2,1H3. The van der Waals surface area contributed by atoms with Gasteiger partial charge in [-0.3, -0.25) is 0 Å². The van der Waals surface area contributed by atoms with E-state index >= 15 is 0 Å². The van der Waals surface area contributed by atoms with Crippen LogP contribution >= 0.6 is 22.9 Å². The van der Waals surface area contributed by atoms with E-state index in [2.05, 4.69) is 10.2 Å². The molecule has 0 N–H and O–H groups in total. The Morgan fingerprint density at radius 3 is 2.48 bits per heavy atom. The molecule has 0 aliphatic heterocycles. The summed E-state index contributed by atoms with van der Waals surface area (Å²) in [6, 6.07) is 4.62. The van der Waals surface area contributed by atoms with E-state index in [0.29, 0.717) is 28.1 Å². The second kappa shape index (κ2) is 6.21. The largest absolute Gasteiger partial charge is 0.479 e. The second-order valence-corrected chi connectivity index (χ2v) is 6.30. The molecule has 3 aromatic rings. The van der Waals surface area contributed by atoms with Crippen LogP contribution in [0.2, 0.25) is 4.34 Å². The summed E-state index contributed by atoms with van der Waals surface area (Å²) in [7, 11) is 1.69. The number of rotatable bonds is 4. The molecule has 9 heteroatoms. The number of hydrogen-bond acceptors (Lipinski definition) is 4. The Morgan fingerprint density at radius 2 is 1.87 bits per heavy atom. The third-order valence-electron chi connectivity index (χ3n) is 3.07. The van der Waals surface area contributed by atoms with Crippen LogP contribution in [-0.2, 0) is 13.7 Å². The SMILES string of the molecule is Cn1c(COc2c(F)cc(F)cc2F)nnc1-c1ccc(Cl)s1. The molecule has 2 aromatic heterocycles. The molecule has 0 saturated heterocycles. The highest BCUT2D eigenvalue weighted by Gasteiger charge is 2.16. The third-order valence-corrected chi connectivity index (χ3v) is 4.29. The van der Waals surface area contributed by atoms with E-state index in [0.717, 1.165) is 4.88 Å². The summed E-state index contributed by atoms with van der Waals surface area (Å²) in [5, 5.41) is 7.93. The van der Waals surface area contributed by atoms with Crippen LogP contribution in [-0.4, -0.2) is 14.8 Å². The summed E-state index contributed by atoms with van der Waals surface area (Å²) in [5.74, 6) is -2.99. The van der Waals surface area contributed by atoms with E-state index in [9.17, 15) is 13.2 Å². The zero-order valence-corrected chi connectivity index (χ0v) is 13.3. The van der Waals surface area contributed by atoms with Gasteiger partial charge in [0, 0.05) is 19.2 Å². The van der Waals surface area contributed by atoms with E-state index in [-0.39, 0.29) is 6.61 Å². The fraction of sp³-hybridized carbons (Fsp3) is 0.143. The lowest BCUT2D eigenvalue weighted by Crippen LogP contribution is -2.06. The predicted molar refractivity (Wildman–Crippen MR) is 80.0 cm³/mol. The average Bonchev–Trinajstić information content (AvgIpc) is 3.04. The summed E-state index contributed by atoms with van der Waals surface area (Å²) in [6.07, 6.45) is 0. The smallest absolute Gasteiger partial charge is 0.191 e. The number of hydrogen-bond donors (Lipinski definition) is 0. The van der Waals surface area contributed by atoms with E-state index in [1.165, 1.54) is 11.3 Å². The van der Waals surface area contributed by atoms with Crippen molar-refractivity contribution in [1.82, 2.24) is 14.8 Å². The molecule has 1 aromatic carbocycles. The molecule has 0 bridgehead atoms. The first-order valence-corrected chi connectivity index (χ1v) is 7.56. The molecule has 0 aliphatic carbocycles. The Labute approximate surface area is 138 Å². The number of thiophene rings is 1. The minimum Gasteiger partial charge on any atom is -0.479 e. The molecule has 0 fully saturated rings. The monoisotopic (exact) mass is 359 g/mol. The van der Waals surface area contributed by atoms with Crippen molar-refractivity contribution in [3.63, 3.8) is 0 Å². The van der Waals surface area contributed by atoms with Gasteiger partial charge in [-0.05, 0) is 12.1 Å². The second-order valence-electron chi connectivity index (χ2n) is 4.59. The van der Waals surface area contributed by atoms with E-state index in [1.807, 2.05) is 0 Å². The van der Waals surface area contributed by atoms with Crippen LogP contribution in [0.25, 0.3) is 10.7 Å². The Hall–Kier alpha value is -2.06. The molecule has 120 valence electrons. The molecule has 3 rings (SSSR count). The lowest BCUT2D eigenvalue weighted by atomic mass is 10.3. The molecule has 4 nitrogen and oxygen atoms in total. The first-order valence-electron chi connectivity index (χ1n) is 6.37. The maximum Gasteiger partial charge on any atom is 0.191 e. The van der Waals surface area contributed by atoms with Crippen LogP contribution < -0.4 is 4.74 Å². The molecule has 0 atom stereocenters. The van der Waals surface area contributed by atoms with Gasteiger partial charge in [-0.25, -0.2) is 13.2 Å². The van der Waals surface area contributed by atoms with Gasteiger partial charge in [0.2, 0.25) is 0 Å². The Bertz CT molecular complexity index is 842. The zero-order chi connectivity index (χ0) is 16.6. The van der Waals surface area contributed by atoms with Gasteiger partial charge in [0.1, 0.15) is 12.4 Å². The maximum absolute atomic E-state index is 13.5. The molecule has 0 radical (unpaired) electrons. The summed E-state index contributed by atoms with van der Waals surface area (Å²) < 4.78 is 47.2. The highest BCUT2D eigenvalue weighted by molar-refractivity contribution is 7.19. The number of aromatic nitrogens is 3. The molecule has 0 unspecified atom stereocenters. The lowest BCUT2D eigenvalue weighted by Gasteiger charge is -2.08. The van der Waals surface area contributed by atoms with Crippen molar-refractivity contribution >= 4 is 22.9 Å². The number of halogens is 4. The highest BCUT2D eigenvalue weighted by atomic mass is 35.5. The minimum absolute atomic E-state index is 0.220. The van der Waals surface area contributed by atoms with E-state index in [4.69, 9.17) is 16.3 Å². The Morgan fingerprint density at radius 1 is 1.17 bits per heavy atom. The lowest BCUT2D eigenvalue weighted by molar-refractivity contribution is 0.261. The summed E-state index contributed by atoms with van der Waals surface area (Å²) in [4.78, 5) is 0.801.